The highest BCUT2D eigenvalue weighted by molar-refractivity contribution is 6.00. The van der Waals surface area contributed by atoms with E-state index < -0.39 is 0 Å². The number of nitrogens with one attached hydrogen (secondary N) is 1. The van der Waals surface area contributed by atoms with Gasteiger partial charge in [0, 0.05) is 44.5 Å². The van der Waals surface area contributed by atoms with Crippen molar-refractivity contribution in [2.45, 2.75) is 6.42 Å². The second-order valence-electron chi connectivity index (χ2n) is 5.64. The van der Waals surface area contributed by atoms with Gasteiger partial charge >= 0.3 is 0 Å². The fourth-order valence-corrected chi connectivity index (χ4v) is 2.88. The normalized spacial score (nSPS) is 16.0. The number of fused-ring (bicyclic) bond motifs is 1. The Kier molecular flexibility index (Phi) is 3.92. The van der Waals surface area contributed by atoms with Crippen molar-refractivity contribution in [3.05, 3.63) is 30.2 Å². The molecule has 1 aromatic carbocycles. The number of benzene rings is 1. The van der Waals surface area contributed by atoms with Gasteiger partial charge in [-0.1, -0.05) is 0 Å². The van der Waals surface area contributed by atoms with Gasteiger partial charge in [-0.3, -0.25) is 0 Å². The van der Waals surface area contributed by atoms with Crippen molar-refractivity contribution in [3.63, 3.8) is 0 Å². The maximum absolute atomic E-state index is 13.6. The van der Waals surface area contributed by atoms with Gasteiger partial charge in [0.25, 0.3) is 0 Å². The molecule has 0 amide bonds. The zero-order valence-electron chi connectivity index (χ0n) is 12.6. The second-order valence-corrected chi connectivity index (χ2v) is 5.64. The van der Waals surface area contributed by atoms with Crippen LogP contribution in [-0.4, -0.2) is 45.3 Å². The summed E-state index contributed by atoms with van der Waals surface area (Å²) < 4.78 is 13.6. The fraction of sp³-hybridized carbons (Fsp3) is 0.438. The van der Waals surface area contributed by atoms with Crippen LogP contribution in [0.4, 0.5) is 15.9 Å². The Morgan fingerprint density at radius 3 is 2.86 bits per heavy atom. The lowest BCUT2D eigenvalue weighted by molar-refractivity contribution is 0.629. The highest BCUT2D eigenvalue weighted by Crippen LogP contribution is 2.32. The predicted octanol–water partition coefficient (Wildman–Crippen LogP) is 2.24. The third-order valence-electron chi connectivity index (χ3n) is 3.91. The molecule has 112 valence electrons. The number of nitrogens with zero attached hydrogens (tertiary/aromatic N) is 3. The third kappa shape index (κ3) is 2.78. The van der Waals surface area contributed by atoms with Crippen molar-refractivity contribution in [2.75, 3.05) is 50.1 Å². The average Bonchev–Trinajstić information content (AvgIpc) is 2.74. The molecule has 0 bridgehead atoms. The van der Waals surface area contributed by atoms with Crippen molar-refractivity contribution in [3.8, 4) is 0 Å². The van der Waals surface area contributed by atoms with Crippen LogP contribution < -0.4 is 15.1 Å². The third-order valence-corrected chi connectivity index (χ3v) is 3.91. The van der Waals surface area contributed by atoms with Crippen LogP contribution in [-0.2, 0) is 0 Å². The van der Waals surface area contributed by atoms with E-state index in [0.717, 1.165) is 54.9 Å². The molecule has 5 heteroatoms. The summed E-state index contributed by atoms with van der Waals surface area (Å²) in [6, 6.07) is 4.98. The molecule has 1 N–H and O–H groups in total. The number of hydrogen-bond donors (Lipinski definition) is 1. The van der Waals surface area contributed by atoms with E-state index >= 15 is 0 Å². The minimum atomic E-state index is -0.220. The predicted molar refractivity (Wildman–Crippen MR) is 85.7 cm³/mol. The monoisotopic (exact) mass is 288 g/mol. The van der Waals surface area contributed by atoms with Gasteiger partial charge in [-0.05, 0) is 31.2 Å². The van der Waals surface area contributed by atoms with Gasteiger partial charge < -0.3 is 15.1 Å². The van der Waals surface area contributed by atoms with E-state index in [0.29, 0.717) is 0 Å². The van der Waals surface area contributed by atoms with Gasteiger partial charge in [0.2, 0.25) is 0 Å². The first kappa shape index (κ1) is 14.1. The van der Waals surface area contributed by atoms with E-state index in [-0.39, 0.29) is 5.82 Å². The summed E-state index contributed by atoms with van der Waals surface area (Å²) >= 11 is 0. The number of pyridine rings is 1. The topological polar surface area (TPSA) is 31.4 Å². The molecule has 0 spiro atoms. The average molecular weight is 288 g/mol. The number of anilines is 2. The molecule has 0 unspecified atom stereocenters. The van der Waals surface area contributed by atoms with Crippen molar-refractivity contribution < 1.29 is 4.39 Å². The zero-order chi connectivity index (χ0) is 14.8. The molecule has 1 saturated heterocycles. The van der Waals surface area contributed by atoms with Crippen molar-refractivity contribution >= 4 is 22.3 Å². The molecule has 1 aromatic heterocycles. The summed E-state index contributed by atoms with van der Waals surface area (Å²) in [5.41, 5.74) is 1.10. The lowest BCUT2D eigenvalue weighted by Gasteiger charge is -2.25. The van der Waals surface area contributed by atoms with Crippen LogP contribution in [0, 0.1) is 5.82 Å². The molecule has 3 rings (SSSR count). The molecule has 1 fully saturated rings. The molecule has 4 nitrogen and oxygen atoms in total. The highest BCUT2D eigenvalue weighted by atomic mass is 19.1. The Bertz CT molecular complexity index is 633. The smallest absolute Gasteiger partial charge is 0.136 e. The van der Waals surface area contributed by atoms with Crippen LogP contribution in [0.15, 0.2) is 24.4 Å². The zero-order valence-corrected chi connectivity index (χ0v) is 12.6. The molecule has 21 heavy (non-hydrogen) atoms. The van der Waals surface area contributed by atoms with Crippen LogP contribution >= 0.6 is 0 Å². The molecular weight excluding hydrogens is 267 g/mol. The minimum Gasteiger partial charge on any atom is -0.368 e. The molecule has 2 aromatic rings. The van der Waals surface area contributed by atoms with E-state index in [4.69, 9.17) is 0 Å². The summed E-state index contributed by atoms with van der Waals surface area (Å²) in [4.78, 5) is 8.82. The van der Waals surface area contributed by atoms with Crippen LogP contribution in [0.3, 0.4) is 0 Å². The molecule has 0 aliphatic carbocycles. The lowest BCUT2D eigenvalue weighted by atomic mass is 10.1. The Balaban J connectivity index is 2.13. The van der Waals surface area contributed by atoms with Gasteiger partial charge in [0.1, 0.15) is 11.6 Å². The molecule has 0 saturated carbocycles. The van der Waals surface area contributed by atoms with E-state index in [9.17, 15) is 4.39 Å². The summed E-state index contributed by atoms with van der Waals surface area (Å²) in [5, 5.41) is 5.34. The summed E-state index contributed by atoms with van der Waals surface area (Å²) in [7, 11) is 3.87. The summed E-state index contributed by atoms with van der Waals surface area (Å²) in [5.74, 6) is 0.586. The molecule has 2 heterocycles. The van der Waals surface area contributed by atoms with Crippen LogP contribution in [0.5, 0.6) is 0 Å². The fourth-order valence-electron chi connectivity index (χ4n) is 2.88. The highest BCUT2D eigenvalue weighted by Gasteiger charge is 2.16. The van der Waals surface area contributed by atoms with Gasteiger partial charge in [0.15, 0.2) is 0 Å². The number of halogens is 1. The molecule has 0 radical (unpaired) electrons. The maximum Gasteiger partial charge on any atom is 0.136 e. The number of hydrogen-bond acceptors (Lipinski definition) is 4. The molecule has 1 aliphatic rings. The van der Waals surface area contributed by atoms with Gasteiger partial charge in [-0.25, -0.2) is 9.37 Å². The van der Waals surface area contributed by atoms with Crippen LogP contribution in [0.2, 0.25) is 0 Å². The van der Waals surface area contributed by atoms with E-state index in [2.05, 4.69) is 15.2 Å². The van der Waals surface area contributed by atoms with E-state index in [1.165, 1.54) is 6.07 Å². The first-order valence-corrected chi connectivity index (χ1v) is 7.38. The van der Waals surface area contributed by atoms with Gasteiger partial charge in [0.05, 0.1) is 11.9 Å². The van der Waals surface area contributed by atoms with Gasteiger partial charge in [-0.2, -0.15) is 0 Å². The number of rotatable bonds is 2. The standard InChI is InChI=1S/C16H21FN4/c1-20(2)16-14-10-12(17)4-5-13(14)15(11-19-16)21-8-3-6-18-7-9-21/h4-5,10-11,18H,3,6-9H2,1-2H3. The Hall–Kier alpha value is -1.88. The first-order valence-electron chi connectivity index (χ1n) is 7.38. The Morgan fingerprint density at radius 1 is 1.19 bits per heavy atom. The van der Waals surface area contributed by atoms with Crippen LogP contribution in [0.25, 0.3) is 10.8 Å². The molecule has 0 atom stereocenters. The van der Waals surface area contributed by atoms with E-state index in [1.54, 1.807) is 6.07 Å². The Morgan fingerprint density at radius 2 is 2.05 bits per heavy atom. The quantitative estimate of drug-likeness (QED) is 0.918. The SMILES string of the molecule is CN(C)c1ncc(N2CCCNCC2)c2ccc(F)cc12. The van der Waals surface area contributed by atoms with Crippen molar-refractivity contribution in [1.82, 2.24) is 10.3 Å². The number of aromatic nitrogens is 1. The molecule has 1 aliphatic heterocycles. The summed E-state index contributed by atoms with van der Waals surface area (Å²) in [6.45, 7) is 3.97. The summed E-state index contributed by atoms with van der Waals surface area (Å²) in [6.07, 6.45) is 3.03. The van der Waals surface area contributed by atoms with Gasteiger partial charge in [-0.15, -0.1) is 0 Å². The molecular formula is C16H21FN4. The van der Waals surface area contributed by atoms with E-state index in [1.807, 2.05) is 31.3 Å². The lowest BCUT2D eigenvalue weighted by Crippen LogP contribution is -2.28. The minimum absolute atomic E-state index is 0.220. The maximum atomic E-state index is 13.6. The van der Waals surface area contributed by atoms with Crippen molar-refractivity contribution in [2.24, 2.45) is 0 Å². The second kappa shape index (κ2) is 5.85. The van der Waals surface area contributed by atoms with Crippen molar-refractivity contribution in [1.29, 1.82) is 0 Å². The van der Waals surface area contributed by atoms with Crippen LogP contribution in [0.1, 0.15) is 6.42 Å². The Labute approximate surface area is 124 Å². The first-order chi connectivity index (χ1) is 10.2. The largest absolute Gasteiger partial charge is 0.368 e.